The second-order valence-electron chi connectivity index (χ2n) is 6.20. The van der Waals surface area contributed by atoms with Crippen molar-refractivity contribution in [3.05, 3.63) is 18.3 Å². The van der Waals surface area contributed by atoms with Crippen LogP contribution in [0.4, 0.5) is 10.2 Å². The van der Waals surface area contributed by atoms with Crippen molar-refractivity contribution in [1.29, 1.82) is 0 Å². The van der Waals surface area contributed by atoms with Gasteiger partial charge in [-0.05, 0) is 12.3 Å². The molecule has 7 heteroatoms. The quantitative estimate of drug-likeness (QED) is 0.942. The largest absolute Gasteiger partial charge is 0.354 e. The van der Waals surface area contributed by atoms with Gasteiger partial charge in [-0.25, -0.2) is 14.4 Å². The van der Waals surface area contributed by atoms with Crippen LogP contribution in [0.1, 0.15) is 26.7 Å². The second-order valence-corrected chi connectivity index (χ2v) is 6.20. The number of aromatic nitrogens is 3. The molecule has 2 aromatic heterocycles. The fraction of sp³-hybridized carbons (Fsp3) is 0.562. The van der Waals surface area contributed by atoms with Crippen LogP contribution in [0.5, 0.6) is 0 Å². The van der Waals surface area contributed by atoms with E-state index in [0.717, 1.165) is 13.0 Å². The number of likely N-dealkylation sites (tertiary alicyclic amines) is 1. The van der Waals surface area contributed by atoms with Crippen LogP contribution in [0, 0.1) is 11.7 Å². The zero-order valence-corrected chi connectivity index (χ0v) is 13.7. The van der Waals surface area contributed by atoms with Gasteiger partial charge in [0.05, 0.1) is 11.4 Å². The van der Waals surface area contributed by atoms with Crippen LogP contribution in [-0.4, -0.2) is 51.9 Å². The zero-order valence-electron chi connectivity index (χ0n) is 13.7. The Morgan fingerprint density at radius 3 is 3.04 bits per heavy atom. The maximum atomic E-state index is 14.1. The summed E-state index contributed by atoms with van der Waals surface area (Å²) in [6.07, 6.45) is 4.18. The molecule has 0 bridgehead atoms. The van der Waals surface area contributed by atoms with E-state index in [4.69, 9.17) is 0 Å². The number of H-pyrrole nitrogens is 1. The van der Waals surface area contributed by atoms with Crippen molar-refractivity contribution in [3.63, 3.8) is 0 Å². The van der Waals surface area contributed by atoms with Crippen molar-refractivity contribution in [3.8, 4) is 0 Å². The second kappa shape index (κ2) is 6.14. The SMILES string of the molecule is CCC(=O)N1CC[C@@H](C)[C@H](N(C)c2ncnc3[nH]cc(F)c23)C1. The van der Waals surface area contributed by atoms with Gasteiger partial charge in [-0.1, -0.05) is 13.8 Å². The zero-order chi connectivity index (χ0) is 16.6. The summed E-state index contributed by atoms with van der Waals surface area (Å²) >= 11 is 0. The average molecular weight is 319 g/mol. The first-order valence-electron chi connectivity index (χ1n) is 8.01. The van der Waals surface area contributed by atoms with Gasteiger partial charge in [-0.3, -0.25) is 4.79 Å². The third-order valence-corrected chi connectivity index (χ3v) is 4.81. The smallest absolute Gasteiger partial charge is 0.222 e. The summed E-state index contributed by atoms with van der Waals surface area (Å²) in [6, 6.07) is 0.103. The Hall–Kier alpha value is -2.18. The topological polar surface area (TPSA) is 65.1 Å². The van der Waals surface area contributed by atoms with Gasteiger partial charge >= 0.3 is 0 Å². The number of likely N-dealkylation sites (N-methyl/N-ethyl adjacent to an activating group) is 1. The molecule has 1 aliphatic heterocycles. The lowest BCUT2D eigenvalue weighted by molar-refractivity contribution is -0.132. The fourth-order valence-electron chi connectivity index (χ4n) is 3.34. The summed E-state index contributed by atoms with van der Waals surface area (Å²) in [7, 11) is 1.91. The van der Waals surface area contributed by atoms with Gasteiger partial charge in [0.25, 0.3) is 0 Å². The van der Waals surface area contributed by atoms with Crippen LogP contribution in [0.2, 0.25) is 0 Å². The summed E-state index contributed by atoms with van der Waals surface area (Å²) in [5.74, 6) is 0.771. The van der Waals surface area contributed by atoms with E-state index in [0.29, 0.717) is 35.7 Å². The molecular formula is C16H22FN5O. The molecule has 0 aliphatic carbocycles. The molecular weight excluding hydrogens is 297 g/mol. The summed E-state index contributed by atoms with van der Waals surface area (Å²) in [4.78, 5) is 27.1. The predicted octanol–water partition coefficient (Wildman–Crippen LogP) is 2.18. The summed E-state index contributed by atoms with van der Waals surface area (Å²) < 4.78 is 14.1. The number of rotatable bonds is 3. The first kappa shape index (κ1) is 15.7. The molecule has 1 saturated heterocycles. The highest BCUT2D eigenvalue weighted by molar-refractivity contribution is 5.88. The number of hydrogen-bond donors (Lipinski definition) is 1. The highest BCUT2D eigenvalue weighted by atomic mass is 19.1. The molecule has 0 saturated carbocycles. The summed E-state index contributed by atoms with van der Waals surface area (Å²) in [6.45, 7) is 5.47. The van der Waals surface area contributed by atoms with Crippen LogP contribution < -0.4 is 4.90 Å². The minimum atomic E-state index is -0.354. The Balaban J connectivity index is 1.92. The summed E-state index contributed by atoms with van der Waals surface area (Å²) in [5, 5.41) is 0.404. The van der Waals surface area contributed by atoms with Crippen molar-refractivity contribution in [1.82, 2.24) is 19.9 Å². The van der Waals surface area contributed by atoms with E-state index in [2.05, 4.69) is 21.9 Å². The molecule has 1 amide bonds. The predicted molar refractivity (Wildman–Crippen MR) is 86.7 cm³/mol. The van der Waals surface area contributed by atoms with Gasteiger partial charge in [-0.15, -0.1) is 0 Å². The van der Waals surface area contributed by atoms with Gasteiger partial charge in [0.15, 0.2) is 5.82 Å². The van der Waals surface area contributed by atoms with E-state index >= 15 is 0 Å². The third-order valence-electron chi connectivity index (χ3n) is 4.81. The molecule has 0 aromatic carbocycles. The number of aromatic amines is 1. The lowest BCUT2D eigenvalue weighted by Gasteiger charge is -2.42. The van der Waals surface area contributed by atoms with Gasteiger partial charge in [0, 0.05) is 32.8 Å². The molecule has 2 aromatic rings. The van der Waals surface area contributed by atoms with Crippen molar-refractivity contribution < 1.29 is 9.18 Å². The Bertz CT molecular complexity index is 716. The van der Waals surface area contributed by atoms with Crippen molar-refractivity contribution in [2.75, 3.05) is 25.0 Å². The molecule has 6 nitrogen and oxygen atoms in total. The van der Waals surface area contributed by atoms with E-state index in [-0.39, 0.29) is 17.8 Å². The molecule has 1 aliphatic rings. The van der Waals surface area contributed by atoms with Gasteiger partial charge in [0.1, 0.15) is 17.8 Å². The molecule has 124 valence electrons. The lowest BCUT2D eigenvalue weighted by Crippen LogP contribution is -2.52. The Kier molecular flexibility index (Phi) is 4.19. The fourth-order valence-corrected chi connectivity index (χ4v) is 3.34. The van der Waals surface area contributed by atoms with Crippen molar-refractivity contribution >= 4 is 22.8 Å². The number of nitrogens with one attached hydrogen (secondary N) is 1. The minimum absolute atomic E-state index is 0.103. The van der Waals surface area contributed by atoms with E-state index in [1.54, 1.807) is 0 Å². The monoisotopic (exact) mass is 319 g/mol. The lowest BCUT2D eigenvalue weighted by atomic mass is 9.92. The van der Waals surface area contributed by atoms with Crippen LogP contribution in [-0.2, 0) is 4.79 Å². The average Bonchev–Trinajstić information content (AvgIpc) is 2.95. The van der Waals surface area contributed by atoms with E-state index < -0.39 is 0 Å². The number of halogens is 1. The summed E-state index contributed by atoms with van der Waals surface area (Å²) in [5.41, 5.74) is 0.490. The molecule has 3 heterocycles. The first-order chi connectivity index (χ1) is 11.0. The Morgan fingerprint density at radius 1 is 1.52 bits per heavy atom. The maximum absolute atomic E-state index is 14.1. The maximum Gasteiger partial charge on any atom is 0.222 e. The van der Waals surface area contributed by atoms with Crippen molar-refractivity contribution in [2.45, 2.75) is 32.7 Å². The molecule has 0 unspecified atom stereocenters. The molecule has 3 rings (SSSR count). The van der Waals surface area contributed by atoms with Crippen LogP contribution in [0.25, 0.3) is 11.0 Å². The first-order valence-corrected chi connectivity index (χ1v) is 8.01. The number of carbonyl (C=O) groups excluding carboxylic acids is 1. The van der Waals surface area contributed by atoms with Crippen LogP contribution in [0.3, 0.4) is 0 Å². The van der Waals surface area contributed by atoms with Crippen LogP contribution >= 0.6 is 0 Å². The van der Waals surface area contributed by atoms with Crippen molar-refractivity contribution in [2.24, 2.45) is 5.92 Å². The molecule has 1 N–H and O–H groups in total. The number of amides is 1. The number of anilines is 1. The molecule has 1 fully saturated rings. The van der Waals surface area contributed by atoms with Crippen LogP contribution in [0.15, 0.2) is 12.5 Å². The van der Waals surface area contributed by atoms with E-state index in [1.165, 1.54) is 12.5 Å². The minimum Gasteiger partial charge on any atom is -0.354 e. The number of nitrogens with zero attached hydrogens (tertiary/aromatic N) is 4. The molecule has 0 spiro atoms. The van der Waals surface area contributed by atoms with Gasteiger partial charge in [0.2, 0.25) is 5.91 Å². The molecule has 23 heavy (non-hydrogen) atoms. The molecule has 0 radical (unpaired) electrons. The van der Waals surface area contributed by atoms with E-state index in [9.17, 15) is 9.18 Å². The molecule has 2 atom stereocenters. The number of carbonyl (C=O) groups is 1. The highest BCUT2D eigenvalue weighted by Crippen LogP contribution is 2.30. The number of hydrogen-bond acceptors (Lipinski definition) is 4. The number of fused-ring (bicyclic) bond motifs is 1. The normalized spacial score (nSPS) is 21.7. The van der Waals surface area contributed by atoms with Gasteiger partial charge < -0.3 is 14.8 Å². The number of piperidine rings is 1. The Morgan fingerprint density at radius 2 is 2.30 bits per heavy atom. The standard InChI is InChI=1S/C16H22FN5O/c1-4-13(23)22-6-5-10(2)12(8-22)21(3)16-14-11(17)7-18-15(14)19-9-20-16/h7,9-10,12H,4-6,8H2,1-3H3,(H,18,19,20)/t10-,12-/m1/s1. The Labute approximate surface area is 134 Å². The van der Waals surface area contributed by atoms with Gasteiger partial charge in [-0.2, -0.15) is 0 Å². The third kappa shape index (κ3) is 2.75. The highest BCUT2D eigenvalue weighted by Gasteiger charge is 2.32. The van der Waals surface area contributed by atoms with E-state index in [1.807, 2.05) is 23.8 Å².